The first-order chi connectivity index (χ1) is 12.8. The molecule has 9 heteroatoms. The highest BCUT2D eigenvalue weighted by Gasteiger charge is 2.42. The van der Waals surface area contributed by atoms with Crippen LogP contribution in [0.15, 0.2) is 24.3 Å². The van der Waals surface area contributed by atoms with Crippen molar-refractivity contribution in [3.8, 4) is 0 Å². The number of imide groups is 1. The number of fused-ring (bicyclic) bond motifs is 1. The van der Waals surface area contributed by atoms with Gasteiger partial charge in [-0.25, -0.2) is 0 Å². The van der Waals surface area contributed by atoms with Crippen LogP contribution in [0.1, 0.15) is 40.5 Å². The maximum atomic E-state index is 12.8. The van der Waals surface area contributed by atoms with Crippen LogP contribution in [0.5, 0.6) is 0 Å². The molecule has 0 spiro atoms. The molecular formula is C18H19Cl2N3O4. The number of nitrogens with one attached hydrogen (secondary N) is 1. The molecule has 0 aromatic heterocycles. The highest BCUT2D eigenvalue weighted by molar-refractivity contribution is 6.53. The van der Waals surface area contributed by atoms with Crippen LogP contribution in [0.25, 0.3) is 0 Å². The lowest BCUT2D eigenvalue weighted by Gasteiger charge is -2.35. The van der Waals surface area contributed by atoms with Crippen LogP contribution in [-0.2, 0) is 9.59 Å². The van der Waals surface area contributed by atoms with Gasteiger partial charge < -0.3 is 10.2 Å². The van der Waals surface area contributed by atoms with Gasteiger partial charge in [0.25, 0.3) is 17.7 Å². The Balaban J connectivity index is 1.62. The highest BCUT2D eigenvalue weighted by Crippen LogP contribution is 2.25. The third-order valence-electron chi connectivity index (χ3n) is 4.92. The summed E-state index contributed by atoms with van der Waals surface area (Å²) in [5.74, 6) is -1.65. The lowest BCUT2D eigenvalue weighted by atomic mass is 10.0. The van der Waals surface area contributed by atoms with Crippen LogP contribution in [0, 0.1) is 0 Å². The Labute approximate surface area is 166 Å². The van der Waals surface area contributed by atoms with Gasteiger partial charge in [0.05, 0.1) is 11.1 Å². The zero-order valence-electron chi connectivity index (χ0n) is 14.7. The molecule has 1 atom stereocenters. The molecule has 4 amide bonds. The van der Waals surface area contributed by atoms with Crippen molar-refractivity contribution >= 4 is 46.8 Å². The van der Waals surface area contributed by atoms with Gasteiger partial charge in [-0.2, -0.15) is 0 Å². The maximum absolute atomic E-state index is 12.8. The van der Waals surface area contributed by atoms with Crippen molar-refractivity contribution in [2.75, 3.05) is 13.1 Å². The molecule has 2 aliphatic rings. The summed E-state index contributed by atoms with van der Waals surface area (Å²) in [5, 5.41) is 2.73. The average molecular weight is 412 g/mol. The quantitative estimate of drug-likeness (QED) is 0.601. The smallest absolute Gasteiger partial charge is 0.262 e. The molecule has 1 saturated heterocycles. The van der Waals surface area contributed by atoms with Gasteiger partial charge in [0.15, 0.2) is 4.84 Å². The maximum Gasteiger partial charge on any atom is 0.262 e. The zero-order valence-corrected chi connectivity index (χ0v) is 16.2. The van der Waals surface area contributed by atoms with Crippen LogP contribution in [0.3, 0.4) is 0 Å². The van der Waals surface area contributed by atoms with Gasteiger partial charge in [-0.15, -0.1) is 0 Å². The molecule has 1 unspecified atom stereocenters. The summed E-state index contributed by atoms with van der Waals surface area (Å²) in [6.45, 7) is 2.38. The summed E-state index contributed by atoms with van der Waals surface area (Å²) in [5.41, 5.74) is 0.639. The minimum absolute atomic E-state index is 0.115. The Morgan fingerprint density at radius 1 is 1.07 bits per heavy atom. The Morgan fingerprint density at radius 2 is 1.59 bits per heavy atom. The number of rotatable bonds is 4. The topological polar surface area (TPSA) is 86.8 Å². The van der Waals surface area contributed by atoms with E-state index in [0.29, 0.717) is 37.1 Å². The predicted octanol–water partition coefficient (Wildman–Crippen LogP) is 1.58. The molecule has 0 bridgehead atoms. The second kappa shape index (κ2) is 7.86. The third-order valence-corrected chi connectivity index (χ3v) is 5.32. The Kier molecular flexibility index (Phi) is 5.72. The van der Waals surface area contributed by atoms with Crippen molar-refractivity contribution in [3.63, 3.8) is 0 Å². The van der Waals surface area contributed by atoms with Crippen LogP contribution in [0.4, 0.5) is 0 Å². The molecule has 0 radical (unpaired) electrons. The van der Waals surface area contributed by atoms with Crippen molar-refractivity contribution in [1.82, 2.24) is 15.1 Å². The minimum atomic E-state index is -1.13. The summed E-state index contributed by atoms with van der Waals surface area (Å²) < 4.78 is 0. The first-order valence-electron chi connectivity index (χ1n) is 8.65. The predicted molar refractivity (Wildman–Crippen MR) is 99.6 cm³/mol. The van der Waals surface area contributed by atoms with Gasteiger partial charge in [0.1, 0.15) is 6.04 Å². The second-order valence-corrected chi connectivity index (χ2v) is 7.71. The van der Waals surface area contributed by atoms with E-state index in [1.54, 1.807) is 36.1 Å². The van der Waals surface area contributed by atoms with Crippen molar-refractivity contribution in [2.24, 2.45) is 0 Å². The van der Waals surface area contributed by atoms with E-state index in [4.69, 9.17) is 23.2 Å². The SMILES string of the molecule is CC(C(=O)N1CCC(NC(=O)C(Cl)Cl)CC1)N1C(=O)c2ccccc2C1=O. The Bertz CT molecular complexity index is 756. The van der Waals surface area contributed by atoms with E-state index in [1.807, 2.05) is 0 Å². The normalized spacial score (nSPS) is 18.7. The van der Waals surface area contributed by atoms with Crippen molar-refractivity contribution in [2.45, 2.75) is 36.7 Å². The number of amides is 4. The molecule has 1 aromatic carbocycles. The Morgan fingerprint density at radius 3 is 2.07 bits per heavy atom. The molecule has 3 rings (SSSR count). The number of piperidine rings is 1. The summed E-state index contributed by atoms with van der Waals surface area (Å²) in [7, 11) is 0. The van der Waals surface area contributed by atoms with Crippen molar-refractivity contribution in [3.05, 3.63) is 35.4 Å². The molecule has 7 nitrogen and oxygen atoms in total. The average Bonchev–Trinajstić information content (AvgIpc) is 2.92. The fourth-order valence-corrected chi connectivity index (χ4v) is 3.57. The van der Waals surface area contributed by atoms with Gasteiger partial charge in [0.2, 0.25) is 5.91 Å². The number of hydrogen-bond acceptors (Lipinski definition) is 4. The van der Waals surface area contributed by atoms with Crippen LogP contribution >= 0.6 is 23.2 Å². The van der Waals surface area contributed by atoms with Gasteiger partial charge in [0, 0.05) is 19.1 Å². The number of nitrogens with zero attached hydrogens (tertiary/aromatic N) is 2. The van der Waals surface area contributed by atoms with Gasteiger partial charge in [-0.05, 0) is 31.9 Å². The number of carbonyl (C=O) groups excluding carboxylic acids is 4. The number of hydrogen-bond donors (Lipinski definition) is 1. The lowest BCUT2D eigenvalue weighted by Crippen LogP contribution is -2.53. The van der Waals surface area contributed by atoms with E-state index in [-0.39, 0.29) is 11.9 Å². The fourth-order valence-electron chi connectivity index (χ4n) is 3.44. The van der Waals surface area contributed by atoms with E-state index in [1.165, 1.54) is 0 Å². The summed E-state index contributed by atoms with van der Waals surface area (Å²) in [6, 6.07) is 5.54. The number of carbonyl (C=O) groups is 4. The summed E-state index contributed by atoms with van der Waals surface area (Å²) in [6.07, 6.45) is 1.10. The summed E-state index contributed by atoms with van der Waals surface area (Å²) in [4.78, 5) is 50.9. The van der Waals surface area contributed by atoms with Gasteiger partial charge in [-0.3, -0.25) is 24.1 Å². The number of alkyl halides is 2. The molecule has 27 heavy (non-hydrogen) atoms. The first-order valence-corrected chi connectivity index (χ1v) is 9.52. The molecular weight excluding hydrogens is 393 g/mol. The van der Waals surface area contributed by atoms with Crippen molar-refractivity contribution in [1.29, 1.82) is 0 Å². The first kappa shape index (κ1) is 19.6. The molecule has 2 heterocycles. The number of halogens is 2. The summed E-state index contributed by atoms with van der Waals surface area (Å²) >= 11 is 11.1. The number of likely N-dealkylation sites (tertiary alicyclic amines) is 1. The molecule has 1 N–H and O–H groups in total. The van der Waals surface area contributed by atoms with E-state index < -0.39 is 28.6 Å². The third kappa shape index (κ3) is 3.80. The van der Waals surface area contributed by atoms with Gasteiger partial charge in [-0.1, -0.05) is 35.3 Å². The van der Waals surface area contributed by atoms with Crippen LogP contribution in [-0.4, -0.2) is 63.4 Å². The van der Waals surface area contributed by atoms with E-state index >= 15 is 0 Å². The molecule has 0 aliphatic carbocycles. The van der Waals surface area contributed by atoms with E-state index in [9.17, 15) is 19.2 Å². The molecule has 0 saturated carbocycles. The largest absolute Gasteiger partial charge is 0.351 e. The minimum Gasteiger partial charge on any atom is -0.351 e. The standard InChI is InChI=1S/C18H19Cl2N3O4/c1-10(23-17(26)12-4-2-3-5-13(12)18(23)27)16(25)22-8-6-11(7-9-22)21-15(24)14(19)20/h2-5,10-11,14H,6-9H2,1H3,(H,21,24). The fraction of sp³-hybridized carbons (Fsp3) is 0.444. The molecule has 1 fully saturated rings. The van der Waals surface area contributed by atoms with Crippen LogP contribution in [0.2, 0.25) is 0 Å². The zero-order chi connectivity index (χ0) is 19.7. The highest BCUT2D eigenvalue weighted by atomic mass is 35.5. The molecule has 144 valence electrons. The molecule has 2 aliphatic heterocycles. The van der Waals surface area contributed by atoms with Crippen LogP contribution < -0.4 is 5.32 Å². The lowest BCUT2D eigenvalue weighted by molar-refractivity contribution is -0.136. The number of benzene rings is 1. The van der Waals surface area contributed by atoms with Gasteiger partial charge >= 0.3 is 0 Å². The molecule has 1 aromatic rings. The van der Waals surface area contributed by atoms with Crippen molar-refractivity contribution < 1.29 is 19.2 Å². The second-order valence-electron chi connectivity index (χ2n) is 6.61. The van der Waals surface area contributed by atoms with E-state index in [2.05, 4.69) is 5.32 Å². The Hall–Kier alpha value is -2.12. The van der Waals surface area contributed by atoms with E-state index in [0.717, 1.165) is 4.90 Å². The monoisotopic (exact) mass is 411 g/mol.